The molecule has 0 N–H and O–H groups in total. The van der Waals surface area contributed by atoms with Crippen molar-refractivity contribution >= 4 is 11.0 Å². The van der Waals surface area contributed by atoms with E-state index in [1.165, 1.54) is 5.52 Å². The van der Waals surface area contributed by atoms with Gasteiger partial charge in [0.05, 0.1) is 17.6 Å². The van der Waals surface area contributed by atoms with Gasteiger partial charge in [0.1, 0.15) is 5.82 Å². The van der Waals surface area contributed by atoms with Crippen LogP contribution < -0.4 is 0 Å². The minimum absolute atomic E-state index is 0.736. The van der Waals surface area contributed by atoms with Crippen molar-refractivity contribution in [1.29, 1.82) is 0 Å². The fraction of sp³-hybridized carbons (Fsp3) is 0.308. The molecule has 0 saturated carbocycles. The van der Waals surface area contributed by atoms with Gasteiger partial charge in [0.2, 0.25) is 0 Å². The molecule has 0 saturated heterocycles. The molecule has 0 aliphatic rings. The second-order valence-electron chi connectivity index (χ2n) is 3.38. The smallest absolute Gasteiger partial charge is 0.110 e. The minimum atomic E-state index is 0.736. The van der Waals surface area contributed by atoms with E-state index in [4.69, 9.17) is 0 Å². The van der Waals surface area contributed by atoms with Gasteiger partial charge in [-0.25, -0.2) is 4.98 Å². The molecular weight excluding hydrogens is 184 g/mol. The Hall–Kier alpha value is -1.75. The number of hydrogen-bond acceptors (Lipinski definition) is 1. The highest BCUT2D eigenvalue weighted by Gasteiger charge is 2.06. The monoisotopic (exact) mass is 198 g/mol. The first kappa shape index (κ1) is 9.79. The van der Waals surface area contributed by atoms with E-state index in [1.807, 2.05) is 25.1 Å². The van der Waals surface area contributed by atoms with Gasteiger partial charge in [0.25, 0.3) is 0 Å². The van der Waals surface area contributed by atoms with E-state index in [0.29, 0.717) is 0 Å². The fourth-order valence-electron chi connectivity index (χ4n) is 1.73. The van der Waals surface area contributed by atoms with Crippen LogP contribution in [0.2, 0.25) is 0 Å². The largest absolute Gasteiger partial charge is 0.316 e. The number of aromatic nitrogens is 2. The number of nitrogens with zero attached hydrogens (tertiary/aromatic N) is 2. The molecular formula is C13H14N2. The van der Waals surface area contributed by atoms with Crippen molar-refractivity contribution in [2.24, 2.45) is 0 Å². The van der Waals surface area contributed by atoms with Gasteiger partial charge in [0, 0.05) is 6.42 Å². The van der Waals surface area contributed by atoms with Gasteiger partial charge in [0.15, 0.2) is 0 Å². The van der Waals surface area contributed by atoms with Crippen LogP contribution in [0.1, 0.15) is 19.7 Å². The van der Waals surface area contributed by atoms with Crippen LogP contribution in [0.3, 0.4) is 0 Å². The Kier molecular flexibility index (Phi) is 2.73. The van der Waals surface area contributed by atoms with E-state index in [2.05, 4.69) is 34.4 Å². The molecule has 1 aromatic heterocycles. The zero-order valence-corrected chi connectivity index (χ0v) is 9.12. The molecule has 0 fully saturated rings. The lowest BCUT2D eigenvalue weighted by molar-refractivity contribution is 0.782. The summed E-state index contributed by atoms with van der Waals surface area (Å²) in [5.74, 6) is 7.12. The maximum Gasteiger partial charge on any atom is 0.110 e. The van der Waals surface area contributed by atoms with Crippen LogP contribution >= 0.6 is 0 Å². The molecule has 0 spiro atoms. The highest BCUT2D eigenvalue weighted by molar-refractivity contribution is 5.76. The number of rotatable bonds is 2. The molecule has 2 aromatic rings. The summed E-state index contributed by atoms with van der Waals surface area (Å²) in [6, 6.07) is 8.20. The van der Waals surface area contributed by atoms with Crippen molar-refractivity contribution in [1.82, 2.24) is 9.55 Å². The predicted octanol–water partition coefficient (Wildman–Crippen LogP) is 2.62. The van der Waals surface area contributed by atoms with Crippen molar-refractivity contribution in [3.05, 3.63) is 30.1 Å². The molecule has 1 aromatic carbocycles. The summed E-state index contributed by atoms with van der Waals surface area (Å²) in [7, 11) is 0. The summed E-state index contributed by atoms with van der Waals surface area (Å²) >= 11 is 0. The second kappa shape index (κ2) is 4.18. The minimum Gasteiger partial charge on any atom is -0.316 e. The molecule has 0 aliphatic heterocycles. The van der Waals surface area contributed by atoms with E-state index in [1.54, 1.807) is 0 Å². The fourth-order valence-corrected chi connectivity index (χ4v) is 1.73. The van der Waals surface area contributed by atoms with Gasteiger partial charge in [-0.1, -0.05) is 25.0 Å². The Morgan fingerprint density at radius 3 is 2.87 bits per heavy atom. The van der Waals surface area contributed by atoms with E-state index < -0.39 is 0 Å². The maximum absolute atomic E-state index is 4.58. The van der Waals surface area contributed by atoms with E-state index in [0.717, 1.165) is 24.3 Å². The first-order chi connectivity index (χ1) is 7.36. The third-order valence-electron chi connectivity index (χ3n) is 2.46. The molecule has 0 atom stereocenters. The van der Waals surface area contributed by atoms with Gasteiger partial charge < -0.3 is 4.57 Å². The maximum atomic E-state index is 4.58. The molecule has 2 heteroatoms. The van der Waals surface area contributed by atoms with Gasteiger partial charge in [-0.2, -0.15) is 0 Å². The predicted molar refractivity (Wildman–Crippen MR) is 62.6 cm³/mol. The molecule has 0 unspecified atom stereocenters. The summed E-state index contributed by atoms with van der Waals surface area (Å²) in [5, 5.41) is 0. The zero-order valence-electron chi connectivity index (χ0n) is 9.12. The van der Waals surface area contributed by atoms with Crippen molar-refractivity contribution < 1.29 is 0 Å². The first-order valence-corrected chi connectivity index (χ1v) is 5.20. The van der Waals surface area contributed by atoms with Gasteiger partial charge in [-0.05, 0) is 19.1 Å². The van der Waals surface area contributed by atoms with E-state index in [9.17, 15) is 0 Å². The summed E-state index contributed by atoms with van der Waals surface area (Å²) in [6.45, 7) is 4.72. The lowest BCUT2D eigenvalue weighted by atomic mass is 10.3. The molecule has 0 amide bonds. The van der Waals surface area contributed by atoms with Crippen LogP contribution in [0.15, 0.2) is 24.3 Å². The van der Waals surface area contributed by atoms with Crippen LogP contribution in [0, 0.1) is 11.8 Å². The Morgan fingerprint density at radius 2 is 2.13 bits per heavy atom. The first-order valence-electron chi connectivity index (χ1n) is 5.20. The second-order valence-corrected chi connectivity index (χ2v) is 3.38. The van der Waals surface area contributed by atoms with Crippen molar-refractivity contribution in [3.63, 3.8) is 0 Å². The normalized spacial score (nSPS) is 10.0. The van der Waals surface area contributed by atoms with Crippen molar-refractivity contribution in [2.45, 2.75) is 26.8 Å². The van der Waals surface area contributed by atoms with Gasteiger partial charge >= 0.3 is 0 Å². The molecule has 1 heterocycles. The van der Waals surface area contributed by atoms with Crippen molar-refractivity contribution in [3.8, 4) is 11.8 Å². The number of imidazole rings is 1. The topological polar surface area (TPSA) is 17.8 Å². The third kappa shape index (κ3) is 1.73. The number of para-hydroxylation sites is 2. The SMILES string of the molecule is CC#CCn1c(CC)nc2ccccc21. The molecule has 0 bridgehead atoms. The average Bonchev–Trinajstić information content (AvgIpc) is 2.64. The Bertz CT molecular complexity index is 526. The van der Waals surface area contributed by atoms with Crippen LogP contribution in [-0.2, 0) is 13.0 Å². The van der Waals surface area contributed by atoms with Crippen LogP contribution in [0.4, 0.5) is 0 Å². The van der Waals surface area contributed by atoms with Gasteiger partial charge in [-0.15, -0.1) is 5.92 Å². The molecule has 0 radical (unpaired) electrons. The lowest BCUT2D eigenvalue weighted by Crippen LogP contribution is -2.01. The number of hydrogen-bond donors (Lipinski definition) is 0. The number of aryl methyl sites for hydroxylation is 1. The summed E-state index contributed by atoms with van der Waals surface area (Å²) in [5.41, 5.74) is 2.24. The molecule has 2 rings (SSSR count). The Morgan fingerprint density at radius 1 is 1.33 bits per heavy atom. The molecule has 15 heavy (non-hydrogen) atoms. The van der Waals surface area contributed by atoms with Crippen LogP contribution in [0.25, 0.3) is 11.0 Å². The zero-order chi connectivity index (χ0) is 10.7. The summed E-state index contributed by atoms with van der Waals surface area (Å²) < 4.78 is 2.19. The molecule has 2 nitrogen and oxygen atoms in total. The average molecular weight is 198 g/mol. The quantitative estimate of drug-likeness (QED) is 0.678. The standard InChI is InChI=1S/C13H14N2/c1-3-5-10-15-12-9-7-6-8-11(12)14-13(15)4-2/h6-9H,4,10H2,1-2H3. The highest BCUT2D eigenvalue weighted by Crippen LogP contribution is 2.15. The Labute approximate surface area is 89.9 Å². The summed E-state index contributed by atoms with van der Waals surface area (Å²) in [6.07, 6.45) is 0.945. The van der Waals surface area contributed by atoms with Crippen LogP contribution in [0.5, 0.6) is 0 Å². The van der Waals surface area contributed by atoms with Gasteiger partial charge in [-0.3, -0.25) is 0 Å². The number of fused-ring (bicyclic) bond motifs is 1. The van der Waals surface area contributed by atoms with E-state index in [-0.39, 0.29) is 0 Å². The van der Waals surface area contributed by atoms with Crippen LogP contribution in [-0.4, -0.2) is 9.55 Å². The molecule has 76 valence electrons. The number of benzene rings is 1. The summed E-state index contributed by atoms with van der Waals surface area (Å²) in [4.78, 5) is 4.58. The molecule has 0 aliphatic carbocycles. The van der Waals surface area contributed by atoms with Crippen molar-refractivity contribution in [2.75, 3.05) is 0 Å². The van der Waals surface area contributed by atoms with E-state index >= 15 is 0 Å². The lowest BCUT2D eigenvalue weighted by Gasteiger charge is -2.02. The Balaban J connectivity index is 2.59. The third-order valence-corrected chi connectivity index (χ3v) is 2.46. The highest BCUT2D eigenvalue weighted by atomic mass is 15.1.